The van der Waals surface area contributed by atoms with Crippen molar-refractivity contribution in [3.63, 3.8) is 0 Å². The molecule has 0 radical (unpaired) electrons. The number of nitrogens with two attached hydrogens (primary N) is 1. The van der Waals surface area contributed by atoms with Gasteiger partial charge in [0.25, 0.3) is 0 Å². The molecule has 0 aromatic carbocycles. The van der Waals surface area contributed by atoms with E-state index in [1.165, 1.54) is 6.92 Å². The third-order valence-corrected chi connectivity index (χ3v) is 1.86. The van der Waals surface area contributed by atoms with Crippen LogP contribution in [-0.4, -0.2) is 38.6 Å². The first-order valence-electron chi connectivity index (χ1n) is 4.60. The van der Waals surface area contributed by atoms with Gasteiger partial charge in [-0.1, -0.05) is 5.21 Å². The molecule has 2 atom stereocenters. The maximum Gasteiger partial charge on any atom is 0.312 e. The van der Waals surface area contributed by atoms with E-state index < -0.39 is 18.1 Å². The van der Waals surface area contributed by atoms with Crippen molar-refractivity contribution >= 4 is 11.9 Å². The fourth-order valence-electron chi connectivity index (χ4n) is 1.03. The fraction of sp³-hybridized carbons (Fsp3) is 0.571. The normalized spacial score (nSPS) is 13.9. The molecule has 0 aliphatic heterocycles. The van der Waals surface area contributed by atoms with E-state index in [2.05, 4.69) is 31.3 Å². The molecule has 0 saturated heterocycles. The lowest BCUT2D eigenvalue weighted by Gasteiger charge is -2.15. The van der Waals surface area contributed by atoms with Crippen molar-refractivity contribution in [3.8, 4) is 0 Å². The number of tetrazole rings is 1. The summed E-state index contributed by atoms with van der Waals surface area (Å²) in [5, 5.41) is 17.9. The van der Waals surface area contributed by atoms with Gasteiger partial charge in [0.2, 0.25) is 5.91 Å². The van der Waals surface area contributed by atoms with Crippen LogP contribution in [0.1, 0.15) is 25.7 Å². The smallest absolute Gasteiger partial charge is 0.312 e. The van der Waals surface area contributed by atoms with E-state index in [-0.39, 0.29) is 5.91 Å². The van der Waals surface area contributed by atoms with E-state index in [0.717, 1.165) is 0 Å². The molecule has 1 rings (SSSR count). The van der Waals surface area contributed by atoms with Gasteiger partial charge in [0.1, 0.15) is 6.04 Å². The summed E-state index contributed by atoms with van der Waals surface area (Å²) in [6.07, 6.45) is 0. The lowest BCUT2D eigenvalue weighted by molar-refractivity contribution is -0.123. The Balaban J connectivity index is 2.48. The third kappa shape index (κ3) is 3.19. The van der Waals surface area contributed by atoms with Gasteiger partial charge in [0.15, 0.2) is 5.82 Å². The number of carbonyl (C=O) groups excluding carboxylic acids is 2. The van der Waals surface area contributed by atoms with E-state index in [0.29, 0.717) is 5.82 Å². The Morgan fingerprint density at radius 2 is 2.06 bits per heavy atom. The Morgan fingerprint density at radius 3 is 2.56 bits per heavy atom. The van der Waals surface area contributed by atoms with Crippen LogP contribution in [0, 0.1) is 0 Å². The molecule has 0 aliphatic carbocycles. The van der Waals surface area contributed by atoms with Crippen molar-refractivity contribution in [2.24, 2.45) is 5.73 Å². The Bertz CT molecular complexity index is 363. The quantitative estimate of drug-likeness (QED) is 0.492. The summed E-state index contributed by atoms with van der Waals surface area (Å²) >= 11 is 0. The van der Waals surface area contributed by atoms with Crippen LogP contribution in [-0.2, 0) is 4.79 Å². The van der Waals surface area contributed by atoms with Crippen molar-refractivity contribution in [2.45, 2.75) is 25.9 Å². The first kappa shape index (κ1) is 11.9. The highest BCUT2D eigenvalue weighted by atomic mass is 16.2. The zero-order chi connectivity index (χ0) is 12.1. The first-order valence-corrected chi connectivity index (χ1v) is 4.60. The molecule has 0 bridgehead atoms. The average molecular weight is 227 g/mol. The summed E-state index contributed by atoms with van der Waals surface area (Å²) in [5.74, 6) is -0.0178. The van der Waals surface area contributed by atoms with Crippen LogP contribution in [0.15, 0.2) is 0 Å². The first-order chi connectivity index (χ1) is 7.50. The topological polar surface area (TPSA) is 139 Å². The standard InChI is InChI=1S/C7H13N7O2/c1-3(5-11-13-14-12-5)9-6(15)4(2)10-7(8)16/h3-4H,1-2H3,(H,9,15)(H3,8,10,16)(H,11,12,13,14). The van der Waals surface area contributed by atoms with Gasteiger partial charge >= 0.3 is 6.03 Å². The molecule has 9 nitrogen and oxygen atoms in total. The Labute approximate surface area is 91.2 Å². The number of aromatic amines is 1. The number of nitrogens with zero attached hydrogens (tertiary/aromatic N) is 3. The highest BCUT2D eigenvalue weighted by molar-refractivity contribution is 5.86. The summed E-state index contributed by atoms with van der Waals surface area (Å²) in [7, 11) is 0. The van der Waals surface area contributed by atoms with E-state index in [1.807, 2.05) is 0 Å². The van der Waals surface area contributed by atoms with Crippen LogP contribution in [0.25, 0.3) is 0 Å². The molecule has 0 fully saturated rings. The monoisotopic (exact) mass is 227 g/mol. The second-order valence-electron chi connectivity index (χ2n) is 3.23. The number of urea groups is 1. The zero-order valence-electron chi connectivity index (χ0n) is 8.89. The second-order valence-corrected chi connectivity index (χ2v) is 3.23. The summed E-state index contributed by atoms with van der Waals surface area (Å²) in [5.41, 5.74) is 4.89. The van der Waals surface area contributed by atoms with Gasteiger partial charge in [-0.3, -0.25) is 4.79 Å². The van der Waals surface area contributed by atoms with Crippen molar-refractivity contribution in [1.82, 2.24) is 31.3 Å². The van der Waals surface area contributed by atoms with Crippen LogP contribution < -0.4 is 16.4 Å². The number of carbonyl (C=O) groups is 2. The van der Waals surface area contributed by atoms with Gasteiger partial charge in [-0.2, -0.15) is 5.21 Å². The average Bonchev–Trinajstić information content (AvgIpc) is 2.68. The number of nitrogens with one attached hydrogen (secondary N) is 3. The SMILES string of the molecule is CC(NC(N)=O)C(=O)NC(C)c1nn[nH]n1. The molecule has 2 unspecified atom stereocenters. The maximum atomic E-state index is 11.5. The zero-order valence-corrected chi connectivity index (χ0v) is 8.89. The lowest BCUT2D eigenvalue weighted by atomic mass is 10.2. The fourth-order valence-corrected chi connectivity index (χ4v) is 1.03. The minimum absolute atomic E-state index is 0.361. The molecule has 9 heteroatoms. The van der Waals surface area contributed by atoms with Gasteiger partial charge in [-0.15, -0.1) is 10.2 Å². The minimum atomic E-state index is -0.755. The Morgan fingerprint density at radius 1 is 1.38 bits per heavy atom. The molecule has 0 aliphatic rings. The number of primary amides is 1. The number of H-pyrrole nitrogens is 1. The largest absolute Gasteiger partial charge is 0.352 e. The Kier molecular flexibility index (Phi) is 3.75. The molecule has 1 heterocycles. The molecule has 5 N–H and O–H groups in total. The molecule has 1 aromatic heterocycles. The van der Waals surface area contributed by atoms with Gasteiger partial charge in [-0.25, -0.2) is 4.79 Å². The highest BCUT2D eigenvalue weighted by Crippen LogP contribution is 2.03. The number of rotatable bonds is 4. The second kappa shape index (κ2) is 5.05. The Hall–Kier alpha value is -2.19. The molecule has 1 aromatic rings. The van der Waals surface area contributed by atoms with Gasteiger partial charge in [0, 0.05) is 0 Å². The van der Waals surface area contributed by atoms with Crippen LogP contribution >= 0.6 is 0 Å². The number of hydrogen-bond donors (Lipinski definition) is 4. The summed E-state index contributed by atoms with van der Waals surface area (Å²) in [6.45, 7) is 3.21. The maximum absolute atomic E-state index is 11.5. The van der Waals surface area contributed by atoms with Crippen molar-refractivity contribution < 1.29 is 9.59 Å². The molecule has 3 amide bonds. The minimum Gasteiger partial charge on any atom is -0.352 e. The van der Waals surface area contributed by atoms with E-state index >= 15 is 0 Å². The molecule has 0 saturated carbocycles. The molecule has 16 heavy (non-hydrogen) atoms. The van der Waals surface area contributed by atoms with Gasteiger partial charge in [-0.05, 0) is 13.8 Å². The molecule has 88 valence electrons. The number of amides is 3. The number of aromatic nitrogens is 4. The molecular weight excluding hydrogens is 214 g/mol. The predicted octanol–water partition coefficient (Wildman–Crippen LogP) is -1.57. The van der Waals surface area contributed by atoms with Crippen molar-refractivity contribution in [3.05, 3.63) is 5.82 Å². The van der Waals surface area contributed by atoms with Gasteiger partial charge in [0.05, 0.1) is 6.04 Å². The summed E-state index contributed by atoms with van der Waals surface area (Å²) in [6, 6.07) is -1.87. The van der Waals surface area contributed by atoms with Crippen molar-refractivity contribution in [1.29, 1.82) is 0 Å². The van der Waals surface area contributed by atoms with Crippen LogP contribution in [0.2, 0.25) is 0 Å². The predicted molar refractivity (Wildman–Crippen MR) is 52.9 cm³/mol. The highest BCUT2D eigenvalue weighted by Gasteiger charge is 2.18. The van der Waals surface area contributed by atoms with E-state index in [4.69, 9.17) is 5.73 Å². The lowest BCUT2D eigenvalue weighted by Crippen LogP contribution is -2.47. The molecular formula is C7H13N7O2. The number of hydrogen-bond acceptors (Lipinski definition) is 5. The third-order valence-electron chi connectivity index (χ3n) is 1.86. The van der Waals surface area contributed by atoms with Crippen LogP contribution in [0.3, 0.4) is 0 Å². The van der Waals surface area contributed by atoms with Crippen molar-refractivity contribution in [2.75, 3.05) is 0 Å². The summed E-state index contributed by atoms with van der Waals surface area (Å²) < 4.78 is 0. The van der Waals surface area contributed by atoms with Crippen LogP contribution in [0.5, 0.6) is 0 Å². The van der Waals surface area contributed by atoms with E-state index in [1.54, 1.807) is 6.92 Å². The molecule has 0 spiro atoms. The van der Waals surface area contributed by atoms with Gasteiger partial charge < -0.3 is 16.4 Å². The van der Waals surface area contributed by atoms with Crippen LogP contribution in [0.4, 0.5) is 4.79 Å². The van der Waals surface area contributed by atoms with E-state index in [9.17, 15) is 9.59 Å². The summed E-state index contributed by atoms with van der Waals surface area (Å²) in [4.78, 5) is 22.0.